The fourth-order valence-electron chi connectivity index (χ4n) is 2.18. The summed E-state index contributed by atoms with van der Waals surface area (Å²) >= 11 is 0. The number of nitro groups is 1. The quantitative estimate of drug-likeness (QED) is 0.352. The number of nitrogens with zero attached hydrogens (tertiary/aromatic N) is 2. The average Bonchev–Trinajstić information content (AvgIpc) is 2.64. The van der Waals surface area contributed by atoms with E-state index in [9.17, 15) is 20.2 Å². The van der Waals surface area contributed by atoms with E-state index < -0.39 is 10.8 Å². The molecule has 0 saturated heterocycles. The second kappa shape index (κ2) is 8.30. The number of allylic oxidation sites excluding steroid dienone is 1. The zero-order valence-electron chi connectivity index (χ0n) is 13.8. The van der Waals surface area contributed by atoms with Crippen molar-refractivity contribution in [1.82, 2.24) is 0 Å². The van der Waals surface area contributed by atoms with Gasteiger partial charge in [0.2, 0.25) is 0 Å². The summed E-state index contributed by atoms with van der Waals surface area (Å²) in [6.45, 7) is -0.289. The number of nitrogens with two attached hydrogens (primary N) is 1. The Labute approximate surface area is 149 Å². The largest absolute Gasteiger partial charge is 0.493 e. The van der Waals surface area contributed by atoms with Crippen molar-refractivity contribution in [3.05, 3.63) is 63.7 Å². The minimum absolute atomic E-state index is 0.101. The monoisotopic (exact) mass is 353 g/mol. The lowest BCUT2D eigenvalue weighted by Crippen LogP contribution is -2.20. The maximum absolute atomic E-state index is 10.9. The number of nitriles is 1. The van der Waals surface area contributed by atoms with Crippen LogP contribution >= 0.6 is 0 Å². The van der Waals surface area contributed by atoms with Gasteiger partial charge in [0.05, 0.1) is 23.7 Å². The van der Waals surface area contributed by atoms with Gasteiger partial charge in [-0.3, -0.25) is 14.9 Å². The van der Waals surface area contributed by atoms with Crippen LogP contribution in [-0.2, 0) is 4.79 Å². The average molecular weight is 353 g/mol. The molecule has 0 bridgehead atoms. The molecule has 0 heterocycles. The van der Waals surface area contributed by atoms with Crippen LogP contribution in [0.25, 0.3) is 11.6 Å². The van der Waals surface area contributed by atoms with Crippen molar-refractivity contribution in [3.8, 4) is 17.6 Å². The van der Waals surface area contributed by atoms with Crippen LogP contribution in [0.4, 0.5) is 5.69 Å². The van der Waals surface area contributed by atoms with E-state index in [1.54, 1.807) is 30.3 Å². The van der Waals surface area contributed by atoms with E-state index in [-0.39, 0.29) is 17.9 Å². The molecule has 1 amide bonds. The first-order chi connectivity index (χ1) is 12.4. The van der Waals surface area contributed by atoms with Crippen LogP contribution in [0.2, 0.25) is 0 Å². The van der Waals surface area contributed by atoms with Gasteiger partial charge in [-0.1, -0.05) is 18.2 Å². The number of ether oxygens (including phenoxy) is 2. The lowest BCUT2D eigenvalue weighted by molar-refractivity contribution is -0.384. The third-order valence-corrected chi connectivity index (χ3v) is 3.36. The molecule has 0 fully saturated rings. The smallest absolute Gasteiger partial charge is 0.270 e. The summed E-state index contributed by atoms with van der Waals surface area (Å²) < 4.78 is 10.5. The molecule has 26 heavy (non-hydrogen) atoms. The maximum Gasteiger partial charge on any atom is 0.270 e. The zero-order chi connectivity index (χ0) is 19.1. The fraction of sp³-hybridized carbons (Fsp3) is 0.111. The molecule has 0 aliphatic carbocycles. The summed E-state index contributed by atoms with van der Waals surface area (Å²) in [6, 6.07) is 12.7. The predicted molar refractivity (Wildman–Crippen MR) is 94.3 cm³/mol. The molecule has 0 aliphatic heterocycles. The Morgan fingerprint density at radius 1 is 1.31 bits per heavy atom. The number of hydrogen-bond donors (Lipinski definition) is 1. The molecule has 2 rings (SSSR count). The van der Waals surface area contributed by atoms with Gasteiger partial charge in [-0.25, -0.2) is 0 Å². The Morgan fingerprint density at radius 2 is 2.08 bits per heavy atom. The molecule has 0 atom stereocenters. The second-order valence-corrected chi connectivity index (χ2v) is 5.14. The number of amides is 1. The second-order valence-electron chi connectivity index (χ2n) is 5.14. The third kappa shape index (κ3) is 4.58. The minimum atomic E-state index is -0.617. The van der Waals surface area contributed by atoms with Crippen LogP contribution in [0.1, 0.15) is 11.1 Å². The lowest BCUT2D eigenvalue weighted by atomic mass is 10.0. The summed E-state index contributed by atoms with van der Waals surface area (Å²) in [7, 11) is 1.44. The minimum Gasteiger partial charge on any atom is -0.493 e. The summed E-state index contributed by atoms with van der Waals surface area (Å²) in [4.78, 5) is 21.2. The molecule has 0 unspecified atom stereocenters. The van der Waals surface area contributed by atoms with Gasteiger partial charge in [-0.15, -0.1) is 0 Å². The third-order valence-electron chi connectivity index (χ3n) is 3.36. The van der Waals surface area contributed by atoms with Crippen molar-refractivity contribution in [3.63, 3.8) is 0 Å². The number of hydrogen-bond acceptors (Lipinski definition) is 6. The SMILES string of the molecule is COc1cc(/C=C(/C#N)c2cccc([N+](=O)[O-])c2)ccc1OCC(N)=O. The highest BCUT2D eigenvalue weighted by molar-refractivity contribution is 5.90. The normalized spacial score (nSPS) is 10.7. The van der Waals surface area contributed by atoms with E-state index in [1.807, 2.05) is 6.07 Å². The van der Waals surface area contributed by atoms with Crippen molar-refractivity contribution in [2.45, 2.75) is 0 Å². The van der Waals surface area contributed by atoms with E-state index >= 15 is 0 Å². The highest BCUT2D eigenvalue weighted by Gasteiger charge is 2.10. The van der Waals surface area contributed by atoms with Crippen LogP contribution in [0.15, 0.2) is 42.5 Å². The molecule has 2 aromatic carbocycles. The molecule has 0 aliphatic rings. The molecule has 8 nitrogen and oxygen atoms in total. The van der Waals surface area contributed by atoms with Gasteiger partial charge in [0.1, 0.15) is 0 Å². The Bertz CT molecular complexity index is 915. The van der Waals surface area contributed by atoms with Gasteiger partial charge >= 0.3 is 0 Å². The van der Waals surface area contributed by atoms with Crippen molar-refractivity contribution in [1.29, 1.82) is 5.26 Å². The number of methoxy groups -OCH3 is 1. The summed E-state index contributed by atoms with van der Waals surface area (Å²) in [5.74, 6) is 0.0714. The van der Waals surface area contributed by atoms with Gasteiger partial charge in [-0.2, -0.15) is 5.26 Å². The Balaban J connectivity index is 2.37. The van der Waals surface area contributed by atoms with E-state index in [2.05, 4.69) is 0 Å². The van der Waals surface area contributed by atoms with Crippen molar-refractivity contribution < 1.29 is 19.2 Å². The van der Waals surface area contributed by atoms with Crippen LogP contribution in [-0.4, -0.2) is 24.5 Å². The number of carbonyl (C=O) groups is 1. The molecular weight excluding hydrogens is 338 g/mol. The summed E-state index contributed by atoms with van der Waals surface area (Å²) in [5.41, 5.74) is 6.24. The van der Waals surface area contributed by atoms with Gasteiger partial charge in [0.15, 0.2) is 18.1 Å². The van der Waals surface area contributed by atoms with Crippen LogP contribution in [0.3, 0.4) is 0 Å². The van der Waals surface area contributed by atoms with Gasteiger partial charge in [-0.05, 0) is 29.3 Å². The highest BCUT2D eigenvalue weighted by Crippen LogP contribution is 2.30. The molecule has 0 radical (unpaired) electrons. The molecule has 2 aromatic rings. The number of non-ortho nitro benzene ring substituents is 1. The van der Waals surface area contributed by atoms with Gasteiger partial charge < -0.3 is 15.2 Å². The summed E-state index contributed by atoms with van der Waals surface area (Å²) in [6.07, 6.45) is 1.57. The Morgan fingerprint density at radius 3 is 2.69 bits per heavy atom. The topological polar surface area (TPSA) is 128 Å². The molecule has 8 heteroatoms. The first-order valence-electron chi connectivity index (χ1n) is 7.40. The molecule has 0 aromatic heterocycles. The number of carbonyl (C=O) groups excluding carboxylic acids is 1. The van der Waals surface area contributed by atoms with Crippen molar-refractivity contribution in [2.75, 3.05) is 13.7 Å². The molecule has 2 N–H and O–H groups in total. The van der Waals surface area contributed by atoms with E-state index in [0.717, 1.165) is 0 Å². The number of primary amides is 1. The number of benzene rings is 2. The van der Waals surface area contributed by atoms with E-state index in [1.165, 1.54) is 25.3 Å². The zero-order valence-corrected chi connectivity index (χ0v) is 13.8. The Kier molecular flexibility index (Phi) is 5.90. The number of nitro benzene ring substituents is 1. The van der Waals surface area contributed by atoms with Crippen molar-refractivity contribution in [2.24, 2.45) is 5.73 Å². The highest BCUT2D eigenvalue weighted by atomic mass is 16.6. The Hall–Kier alpha value is -3.86. The van der Waals surface area contributed by atoms with E-state index in [0.29, 0.717) is 22.6 Å². The van der Waals surface area contributed by atoms with Gasteiger partial charge in [0, 0.05) is 12.1 Å². The van der Waals surface area contributed by atoms with Crippen molar-refractivity contribution >= 4 is 23.2 Å². The first kappa shape index (κ1) is 18.5. The standard InChI is InChI=1S/C18H15N3O5/c1-25-17-8-12(5-6-16(17)26-11-18(20)22)7-14(10-19)13-3-2-4-15(9-13)21(23)24/h2-9H,11H2,1H3,(H2,20,22)/b14-7-. The van der Waals surface area contributed by atoms with Crippen LogP contribution in [0, 0.1) is 21.4 Å². The number of rotatable bonds is 7. The van der Waals surface area contributed by atoms with E-state index in [4.69, 9.17) is 15.2 Å². The summed E-state index contributed by atoms with van der Waals surface area (Å²) in [5, 5.41) is 20.3. The van der Waals surface area contributed by atoms with Crippen LogP contribution < -0.4 is 15.2 Å². The fourth-order valence-corrected chi connectivity index (χ4v) is 2.18. The maximum atomic E-state index is 10.9. The predicted octanol–water partition coefficient (Wildman–Crippen LogP) is 2.53. The molecule has 132 valence electrons. The lowest BCUT2D eigenvalue weighted by Gasteiger charge is -2.10. The molecule has 0 saturated carbocycles. The molecule has 0 spiro atoms. The first-order valence-corrected chi connectivity index (χ1v) is 7.40. The van der Waals surface area contributed by atoms with Crippen LogP contribution in [0.5, 0.6) is 11.5 Å². The molecular formula is C18H15N3O5. The van der Waals surface area contributed by atoms with Gasteiger partial charge in [0.25, 0.3) is 11.6 Å².